The number of hydrogen-bond donors (Lipinski definition) is 1. The molecule has 0 heterocycles. The highest BCUT2D eigenvalue weighted by Gasteiger charge is 2.29. The van der Waals surface area contributed by atoms with Crippen LogP contribution in [0.15, 0.2) is 53.0 Å². The van der Waals surface area contributed by atoms with Crippen molar-refractivity contribution in [3.05, 3.63) is 64.1 Å². The standard InChI is InChI=1S/C18H21BrO2/c1-3-12-21-17-10-8-14(9-11-17)18(20,4-2)15-6-5-7-16(19)13-15/h5-11,13,20H,3-4,12H2,1-2H3. The van der Waals surface area contributed by atoms with Crippen LogP contribution >= 0.6 is 15.9 Å². The summed E-state index contributed by atoms with van der Waals surface area (Å²) in [5.41, 5.74) is 0.793. The Bertz CT molecular complexity index is 580. The van der Waals surface area contributed by atoms with Gasteiger partial charge in [-0.25, -0.2) is 0 Å². The smallest absolute Gasteiger partial charge is 0.119 e. The normalized spacial score (nSPS) is 13.7. The van der Waals surface area contributed by atoms with E-state index in [1.54, 1.807) is 0 Å². The third kappa shape index (κ3) is 3.66. The van der Waals surface area contributed by atoms with Crippen molar-refractivity contribution in [3.63, 3.8) is 0 Å². The molecular weight excluding hydrogens is 328 g/mol. The summed E-state index contributed by atoms with van der Waals surface area (Å²) in [5, 5.41) is 11.1. The van der Waals surface area contributed by atoms with Crippen molar-refractivity contribution in [3.8, 4) is 5.75 Å². The van der Waals surface area contributed by atoms with Gasteiger partial charge >= 0.3 is 0 Å². The van der Waals surface area contributed by atoms with Gasteiger partial charge in [0.05, 0.1) is 6.61 Å². The lowest BCUT2D eigenvalue weighted by molar-refractivity contribution is 0.0764. The summed E-state index contributed by atoms with van der Waals surface area (Å²) in [4.78, 5) is 0. The first kappa shape index (κ1) is 16.1. The molecule has 21 heavy (non-hydrogen) atoms. The van der Waals surface area contributed by atoms with Crippen molar-refractivity contribution in [2.24, 2.45) is 0 Å². The lowest BCUT2D eigenvalue weighted by Gasteiger charge is -2.28. The molecule has 112 valence electrons. The second kappa shape index (κ2) is 7.10. The maximum Gasteiger partial charge on any atom is 0.119 e. The Hall–Kier alpha value is -1.32. The number of rotatable bonds is 6. The molecule has 0 saturated heterocycles. The molecule has 0 aliphatic rings. The van der Waals surface area contributed by atoms with E-state index in [1.807, 2.05) is 55.5 Å². The molecule has 3 heteroatoms. The van der Waals surface area contributed by atoms with E-state index in [0.29, 0.717) is 13.0 Å². The van der Waals surface area contributed by atoms with Gasteiger partial charge in [-0.1, -0.05) is 54.0 Å². The highest BCUT2D eigenvalue weighted by molar-refractivity contribution is 9.10. The van der Waals surface area contributed by atoms with Gasteiger partial charge in [0.15, 0.2) is 0 Å². The van der Waals surface area contributed by atoms with Crippen LogP contribution in [0.4, 0.5) is 0 Å². The van der Waals surface area contributed by atoms with E-state index < -0.39 is 5.60 Å². The zero-order chi connectivity index (χ0) is 15.3. The molecule has 0 amide bonds. The molecular formula is C18H21BrO2. The summed E-state index contributed by atoms with van der Waals surface area (Å²) in [6.45, 7) is 4.78. The molecule has 0 bridgehead atoms. The Balaban J connectivity index is 2.31. The van der Waals surface area contributed by atoms with Gasteiger partial charge in [-0.3, -0.25) is 0 Å². The molecule has 0 saturated carbocycles. The van der Waals surface area contributed by atoms with Crippen molar-refractivity contribution in [2.75, 3.05) is 6.61 Å². The van der Waals surface area contributed by atoms with Crippen LogP contribution < -0.4 is 4.74 Å². The Morgan fingerprint density at radius 2 is 1.76 bits per heavy atom. The van der Waals surface area contributed by atoms with Crippen molar-refractivity contribution in [1.82, 2.24) is 0 Å². The van der Waals surface area contributed by atoms with Crippen LogP contribution in [0.25, 0.3) is 0 Å². The summed E-state index contributed by atoms with van der Waals surface area (Å²) < 4.78 is 6.56. The molecule has 0 radical (unpaired) electrons. The first-order valence-corrected chi connectivity index (χ1v) is 8.11. The Labute approximate surface area is 134 Å². The van der Waals surface area contributed by atoms with Crippen molar-refractivity contribution < 1.29 is 9.84 Å². The third-order valence-corrected chi connectivity index (χ3v) is 4.11. The quantitative estimate of drug-likeness (QED) is 0.805. The minimum Gasteiger partial charge on any atom is -0.494 e. The van der Waals surface area contributed by atoms with Crippen molar-refractivity contribution in [1.29, 1.82) is 0 Å². The summed E-state index contributed by atoms with van der Waals surface area (Å²) in [6, 6.07) is 15.5. The number of benzene rings is 2. The van der Waals surface area contributed by atoms with Crippen LogP contribution in [0.3, 0.4) is 0 Å². The Morgan fingerprint density at radius 1 is 1.05 bits per heavy atom. The summed E-state index contributed by atoms with van der Waals surface area (Å²) in [5.74, 6) is 0.841. The van der Waals surface area contributed by atoms with Gasteiger partial charge in [-0.15, -0.1) is 0 Å². The average molecular weight is 349 g/mol. The molecule has 1 atom stereocenters. The fourth-order valence-electron chi connectivity index (χ4n) is 2.37. The number of halogens is 1. The monoisotopic (exact) mass is 348 g/mol. The minimum absolute atomic E-state index is 0.610. The van der Waals surface area contributed by atoms with Gasteiger partial charge in [0, 0.05) is 4.47 Å². The van der Waals surface area contributed by atoms with E-state index in [4.69, 9.17) is 4.74 Å². The first-order chi connectivity index (χ1) is 10.1. The zero-order valence-electron chi connectivity index (χ0n) is 12.5. The van der Waals surface area contributed by atoms with Gasteiger partial charge < -0.3 is 9.84 Å². The first-order valence-electron chi connectivity index (χ1n) is 7.32. The van der Waals surface area contributed by atoms with E-state index in [-0.39, 0.29) is 0 Å². The summed E-state index contributed by atoms with van der Waals surface area (Å²) in [6.07, 6.45) is 1.59. The highest BCUT2D eigenvalue weighted by atomic mass is 79.9. The van der Waals surface area contributed by atoms with Crippen LogP contribution in [0.5, 0.6) is 5.75 Å². The summed E-state index contributed by atoms with van der Waals surface area (Å²) in [7, 11) is 0. The average Bonchev–Trinajstić information content (AvgIpc) is 2.52. The van der Waals surface area contributed by atoms with E-state index >= 15 is 0 Å². The molecule has 2 aromatic rings. The zero-order valence-corrected chi connectivity index (χ0v) is 14.1. The van der Waals surface area contributed by atoms with Gasteiger partial charge in [-0.2, -0.15) is 0 Å². The van der Waals surface area contributed by atoms with Crippen LogP contribution in [0.2, 0.25) is 0 Å². The molecule has 0 aliphatic carbocycles. The summed E-state index contributed by atoms with van der Waals surface area (Å²) >= 11 is 3.47. The molecule has 0 fully saturated rings. The minimum atomic E-state index is -0.979. The fourth-order valence-corrected chi connectivity index (χ4v) is 2.77. The van der Waals surface area contributed by atoms with Crippen molar-refractivity contribution >= 4 is 15.9 Å². The Morgan fingerprint density at radius 3 is 2.33 bits per heavy atom. The van der Waals surface area contributed by atoms with Crippen LogP contribution in [0, 0.1) is 0 Å². The maximum atomic E-state index is 11.1. The molecule has 2 rings (SSSR count). The highest BCUT2D eigenvalue weighted by Crippen LogP contribution is 2.34. The van der Waals surface area contributed by atoms with Crippen LogP contribution in [0.1, 0.15) is 37.8 Å². The molecule has 0 spiro atoms. The Kier molecular flexibility index (Phi) is 5.43. The second-order valence-corrected chi connectivity index (χ2v) is 6.01. The topological polar surface area (TPSA) is 29.5 Å². The molecule has 2 aromatic carbocycles. The van der Waals surface area contributed by atoms with Crippen LogP contribution in [-0.4, -0.2) is 11.7 Å². The molecule has 0 aliphatic heterocycles. The van der Waals surface area contributed by atoms with Gasteiger partial charge in [0.1, 0.15) is 11.4 Å². The van der Waals surface area contributed by atoms with E-state index in [2.05, 4.69) is 22.9 Å². The lowest BCUT2D eigenvalue weighted by atomic mass is 9.84. The second-order valence-electron chi connectivity index (χ2n) is 5.10. The van der Waals surface area contributed by atoms with Crippen molar-refractivity contribution in [2.45, 2.75) is 32.3 Å². The molecule has 1 unspecified atom stereocenters. The molecule has 1 N–H and O–H groups in total. The predicted molar refractivity (Wildman–Crippen MR) is 89.7 cm³/mol. The lowest BCUT2D eigenvalue weighted by Crippen LogP contribution is -2.26. The predicted octanol–water partition coefficient (Wildman–Crippen LogP) is 4.88. The number of ether oxygens (including phenoxy) is 1. The third-order valence-electron chi connectivity index (χ3n) is 3.62. The SMILES string of the molecule is CCCOc1ccc(C(O)(CC)c2cccc(Br)c2)cc1. The molecule has 0 aromatic heterocycles. The fraction of sp³-hybridized carbons (Fsp3) is 0.333. The van der Waals surface area contributed by atoms with Gasteiger partial charge in [0.2, 0.25) is 0 Å². The van der Waals surface area contributed by atoms with Gasteiger partial charge in [-0.05, 0) is 48.2 Å². The van der Waals surface area contributed by atoms with E-state index in [1.165, 1.54) is 0 Å². The largest absolute Gasteiger partial charge is 0.494 e. The number of hydrogen-bond acceptors (Lipinski definition) is 2. The molecule has 2 nitrogen and oxygen atoms in total. The van der Waals surface area contributed by atoms with Crippen LogP contribution in [-0.2, 0) is 5.60 Å². The van der Waals surface area contributed by atoms with E-state index in [9.17, 15) is 5.11 Å². The van der Waals surface area contributed by atoms with E-state index in [0.717, 1.165) is 27.8 Å². The number of aliphatic hydroxyl groups is 1. The van der Waals surface area contributed by atoms with Gasteiger partial charge in [0.25, 0.3) is 0 Å². The maximum absolute atomic E-state index is 11.1.